The van der Waals surface area contributed by atoms with Gasteiger partial charge in [-0.1, -0.05) is 36.2 Å². The van der Waals surface area contributed by atoms with Crippen LogP contribution in [-0.2, 0) is 26.2 Å². The lowest BCUT2D eigenvalue weighted by molar-refractivity contribution is -0.141. The van der Waals surface area contributed by atoms with Gasteiger partial charge >= 0.3 is 0 Å². The summed E-state index contributed by atoms with van der Waals surface area (Å²) in [5.74, 6) is -0.365. The zero-order valence-corrected chi connectivity index (χ0v) is 24.4. The van der Waals surface area contributed by atoms with Gasteiger partial charge in [-0.05, 0) is 70.5 Å². The molecule has 37 heavy (non-hydrogen) atoms. The molecule has 2 aromatic carbocycles. The molecule has 1 N–H and O–H groups in total. The maximum absolute atomic E-state index is 13.8. The number of benzene rings is 2. The van der Waals surface area contributed by atoms with Gasteiger partial charge in [-0.3, -0.25) is 13.9 Å². The van der Waals surface area contributed by atoms with Crippen molar-refractivity contribution in [2.45, 2.75) is 59.2 Å². The number of nitrogens with zero attached hydrogens (tertiary/aromatic N) is 2. The van der Waals surface area contributed by atoms with Gasteiger partial charge in [-0.15, -0.1) is 0 Å². The minimum absolute atomic E-state index is 0.0751. The van der Waals surface area contributed by atoms with E-state index in [0.29, 0.717) is 33.7 Å². The van der Waals surface area contributed by atoms with E-state index in [0.717, 1.165) is 10.6 Å². The maximum Gasteiger partial charge on any atom is 0.244 e. The predicted molar refractivity (Wildman–Crippen MR) is 149 cm³/mol. The highest BCUT2D eigenvalue weighted by Crippen LogP contribution is 2.28. The van der Waals surface area contributed by atoms with E-state index in [1.165, 1.54) is 4.90 Å². The van der Waals surface area contributed by atoms with Crippen molar-refractivity contribution < 1.29 is 22.7 Å². The van der Waals surface area contributed by atoms with Crippen molar-refractivity contribution in [3.05, 3.63) is 58.1 Å². The molecule has 0 saturated heterocycles. The summed E-state index contributed by atoms with van der Waals surface area (Å²) in [5, 5.41) is 3.58. The van der Waals surface area contributed by atoms with Crippen LogP contribution in [0.15, 0.2) is 42.5 Å². The number of sulfonamides is 1. The van der Waals surface area contributed by atoms with Crippen molar-refractivity contribution in [3.63, 3.8) is 0 Å². The SMILES string of the molecule is CCOc1ccc(N(CC(=O)N(Cc2c(Cl)cccc2Cl)C(CC)C(=O)NC(C)(C)C)S(C)(=O)=O)cc1. The number of hydrogen-bond donors (Lipinski definition) is 1. The van der Waals surface area contributed by atoms with Crippen LogP contribution in [0, 0.1) is 0 Å². The van der Waals surface area contributed by atoms with Crippen molar-refractivity contribution in [1.82, 2.24) is 10.2 Å². The van der Waals surface area contributed by atoms with Gasteiger partial charge < -0.3 is 15.0 Å². The third-order valence-electron chi connectivity index (χ3n) is 5.39. The van der Waals surface area contributed by atoms with E-state index in [2.05, 4.69) is 5.32 Å². The Labute approximate surface area is 229 Å². The van der Waals surface area contributed by atoms with Crippen molar-refractivity contribution in [1.29, 1.82) is 0 Å². The summed E-state index contributed by atoms with van der Waals surface area (Å²) in [7, 11) is -3.85. The van der Waals surface area contributed by atoms with Crippen LogP contribution in [0.2, 0.25) is 10.0 Å². The first-order valence-electron chi connectivity index (χ1n) is 11.9. The van der Waals surface area contributed by atoms with E-state index in [-0.39, 0.29) is 18.9 Å². The molecule has 0 aromatic heterocycles. The minimum atomic E-state index is -3.85. The van der Waals surface area contributed by atoms with E-state index < -0.39 is 34.1 Å². The fraction of sp³-hybridized carbons (Fsp3) is 0.462. The number of carbonyl (C=O) groups is 2. The Hall–Kier alpha value is -2.49. The van der Waals surface area contributed by atoms with Crippen molar-refractivity contribution >= 4 is 50.7 Å². The molecule has 0 fully saturated rings. The Balaban J connectivity index is 2.50. The normalized spacial score (nSPS) is 12.5. The molecule has 1 unspecified atom stereocenters. The molecule has 0 bridgehead atoms. The smallest absolute Gasteiger partial charge is 0.244 e. The predicted octanol–water partition coefficient (Wildman–Crippen LogP) is 4.88. The van der Waals surface area contributed by atoms with Gasteiger partial charge in [0.2, 0.25) is 21.8 Å². The molecule has 0 heterocycles. The first kappa shape index (κ1) is 30.7. The fourth-order valence-corrected chi connectivity index (χ4v) is 5.08. The molecule has 11 heteroatoms. The first-order chi connectivity index (χ1) is 17.2. The molecule has 0 aliphatic heterocycles. The molecule has 1 atom stereocenters. The third kappa shape index (κ3) is 8.79. The van der Waals surface area contributed by atoms with Crippen molar-refractivity contribution in [3.8, 4) is 5.75 Å². The monoisotopic (exact) mass is 571 g/mol. The molecule has 0 aliphatic carbocycles. The Morgan fingerprint density at radius 2 is 1.59 bits per heavy atom. The lowest BCUT2D eigenvalue weighted by Gasteiger charge is -2.34. The van der Waals surface area contributed by atoms with Gasteiger partial charge in [0, 0.05) is 27.7 Å². The summed E-state index contributed by atoms with van der Waals surface area (Å²) in [6, 6.07) is 10.5. The van der Waals surface area contributed by atoms with Gasteiger partial charge in [-0.2, -0.15) is 0 Å². The summed E-state index contributed by atoms with van der Waals surface area (Å²) < 4.78 is 31.9. The summed E-state index contributed by atoms with van der Waals surface area (Å²) in [5.41, 5.74) is 0.220. The van der Waals surface area contributed by atoms with E-state index >= 15 is 0 Å². The highest BCUT2D eigenvalue weighted by atomic mass is 35.5. The second-order valence-corrected chi connectivity index (χ2v) is 12.3. The van der Waals surface area contributed by atoms with Crippen LogP contribution in [-0.4, -0.2) is 56.1 Å². The molecule has 8 nitrogen and oxygen atoms in total. The van der Waals surface area contributed by atoms with Crippen LogP contribution in [0.3, 0.4) is 0 Å². The van der Waals surface area contributed by atoms with Crippen LogP contribution < -0.4 is 14.4 Å². The Morgan fingerprint density at radius 3 is 2.05 bits per heavy atom. The summed E-state index contributed by atoms with van der Waals surface area (Å²) in [6.07, 6.45) is 1.31. The summed E-state index contributed by atoms with van der Waals surface area (Å²) in [4.78, 5) is 28.3. The van der Waals surface area contributed by atoms with Crippen molar-refractivity contribution in [2.24, 2.45) is 0 Å². The second kappa shape index (κ2) is 12.8. The van der Waals surface area contributed by atoms with Crippen LogP contribution in [0.5, 0.6) is 5.75 Å². The molecular weight excluding hydrogens is 537 g/mol. The lowest BCUT2D eigenvalue weighted by atomic mass is 10.1. The summed E-state index contributed by atoms with van der Waals surface area (Å²) >= 11 is 12.8. The second-order valence-electron chi connectivity index (χ2n) is 9.58. The van der Waals surface area contributed by atoms with Crippen LogP contribution in [0.25, 0.3) is 0 Å². The largest absolute Gasteiger partial charge is 0.494 e. The molecule has 2 rings (SSSR count). The molecule has 0 saturated carbocycles. The van der Waals surface area contributed by atoms with Crippen LogP contribution >= 0.6 is 23.2 Å². The average Bonchev–Trinajstić information content (AvgIpc) is 2.78. The molecule has 0 aliphatic rings. The number of rotatable bonds is 11. The highest BCUT2D eigenvalue weighted by Gasteiger charge is 2.33. The van der Waals surface area contributed by atoms with E-state index in [9.17, 15) is 18.0 Å². The minimum Gasteiger partial charge on any atom is -0.494 e. The van der Waals surface area contributed by atoms with E-state index in [1.807, 2.05) is 27.7 Å². The highest BCUT2D eigenvalue weighted by molar-refractivity contribution is 7.92. The van der Waals surface area contributed by atoms with E-state index in [1.54, 1.807) is 49.4 Å². The number of carbonyl (C=O) groups excluding carboxylic acids is 2. The zero-order valence-electron chi connectivity index (χ0n) is 22.0. The number of nitrogens with one attached hydrogen (secondary N) is 1. The standard InChI is InChI=1S/C26H35Cl2N3O5S/c1-7-23(25(33)29-26(3,4)5)30(16-20-21(27)10-9-11-22(20)28)24(32)17-31(37(6,34)35)18-12-14-19(15-13-18)36-8-2/h9-15,23H,7-8,16-17H2,1-6H3,(H,29,33). The van der Waals surface area contributed by atoms with Crippen LogP contribution in [0.4, 0.5) is 5.69 Å². The number of hydrogen-bond acceptors (Lipinski definition) is 5. The van der Waals surface area contributed by atoms with Crippen molar-refractivity contribution in [2.75, 3.05) is 23.7 Å². The fourth-order valence-electron chi connectivity index (χ4n) is 3.72. The topological polar surface area (TPSA) is 96.0 Å². The molecule has 204 valence electrons. The molecule has 2 amide bonds. The maximum atomic E-state index is 13.8. The first-order valence-corrected chi connectivity index (χ1v) is 14.5. The average molecular weight is 573 g/mol. The van der Waals surface area contributed by atoms with Gasteiger partial charge in [0.1, 0.15) is 18.3 Å². The molecule has 0 spiro atoms. The number of amides is 2. The molecule has 2 aromatic rings. The Morgan fingerprint density at radius 1 is 1.03 bits per heavy atom. The number of anilines is 1. The van der Waals surface area contributed by atoms with Gasteiger partial charge in [0.25, 0.3) is 0 Å². The van der Waals surface area contributed by atoms with Gasteiger partial charge in [-0.25, -0.2) is 8.42 Å². The summed E-state index contributed by atoms with van der Waals surface area (Å²) in [6.45, 7) is 9.01. The van der Waals surface area contributed by atoms with Gasteiger partial charge in [0.05, 0.1) is 18.6 Å². The van der Waals surface area contributed by atoms with E-state index in [4.69, 9.17) is 27.9 Å². The Kier molecular flexibility index (Phi) is 10.7. The van der Waals surface area contributed by atoms with Gasteiger partial charge in [0.15, 0.2) is 0 Å². The van der Waals surface area contributed by atoms with Crippen LogP contribution in [0.1, 0.15) is 46.6 Å². The quantitative estimate of drug-likeness (QED) is 0.414. The lowest BCUT2D eigenvalue weighted by Crippen LogP contribution is -2.55. The Bertz CT molecular complexity index is 1180. The number of ether oxygens (including phenoxy) is 1. The third-order valence-corrected chi connectivity index (χ3v) is 7.24. The molecular formula is C26H35Cl2N3O5S. The number of halogens is 2. The zero-order chi connectivity index (χ0) is 28.0. The molecule has 0 radical (unpaired) electrons.